The Hall–Kier alpha value is -3.48. The average Bonchev–Trinajstić information content (AvgIpc) is 3.26. The number of hydrogen-bond donors (Lipinski definition) is 1. The minimum atomic E-state index is 0.135. The van der Waals surface area contributed by atoms with Gasteiger partial charge in [-0.15, -0.1) is 10.2 Å². The van der Waals surface area contributed by atoms with E-state index in [2.05, 4.69) is 38.6 Å². The second-order valence-corrected chi connectivity index (χ2v) is 6.90. The number of pyridine rings is 1. The van der Waals surface area contributed by atoms with Gasteiger partial charge in [0.15, 0.2) is 0 Å². The van der Waals surface area contributed by atoms with Crippen molar-refractivity contribution in [2.45, 2.75) is 32.2 Å². The van der Waals surface area contributed by atoms with Crippen LogP contribution in [0.3, 0.4) is 0 Å². The van der Waals surface area contributed by atoms with Gasteiger partial charge in [-0.1, -0.05) is 25.8 Å². The van der Waals surface area contributed by atoms with Gasteiger partial charge in [-0.2, -0.15) is 9.61 Å². The van der Waals surface area contributed by atoms with Gasteiger partial charge in [-0.05, 0) is 48.4 Å². The lowest BCUT2D eigenvalue weighted by atomic mass is 10.0. The van der Waals surface area contributed by atoms with E-state index in [-0.39, 0.29) is 6.04 Å². The molecule has 0 saturated heterocycles. The zero-order chi connectivity index (χ0) is 20.1. The van der Waals surface area contributed by atoms with Crippen molar-refractivity contribution < 1.29 is 4.74 Å². The fraction of sp³-hybridized carbons (Fsp3) is 0.273. The Kier molecular flexibility index (Phi) is 5.65. The van der Waals surface area contributed by atoms with Crippen LogP contribution in [0.2, 0.25) is 0 Å². The summed E-state index contributed by atoms with van der Waals surface area (Å²) in [5.74, 6) is 0.814. The summed E-state index contributed by atoms with van der Waals surface area (Å²) in [7, 11) is 1.66. The number of hydrogen-bond acceptors (Lipinski definition) is 6. The van der Waals surface area contributed by atoms with Crippen LogP contribution in [-0.4, -0.2) is 31.9 Å². The van der Waals surface area contributed by atoms with Crippen molar-refractivity contribution in [1.82, 2.24) is 24.8 Å². The molecule has 1 unspecified atom stereocenters. The molecule has 0 aliphatic rings. The molecular weight excluding hydrogens is 364 g/mol. The van der Waals surface area contributed by atoms with Crippen molar-refractivity contribution in [1.29, 1.82) is 0 Å². The molecule has 3 aromatic heterocycles. The van der Waals surface area contributed by atoms with Gasteiger partial charge in [0.1, 0.15) is 12.1 Å². The first-order chi connectivity index (χ1) is 14.3. The Labute approximate surface area is 169 Å². The van der Waals surface area contributed by atoms with Crippen LogP contribution in [0.25, 0.3) is 16.9 Å². The fourth-order valence-electron chi connectivity index (χ4n) is 3.34. The summed E-state index contributed by atoms with van der Waals surface area (Å²) in [5.41, 5.74) is 4.58. The predicted molar refractivity (Wildman–Crippen MR) is 113 cm³/mol. The Morgan fingerprint density at radius 3 is 2.76 bits per heavy atom. The molecule has 3 heterocycles. The van der Waals surface area contributed by atoms with Crippen LogP contribution in [0.4, 0.5) is 5.69 Å². The fourth-order valence-corrected chi connectivity index (χ4v) is 3.34. The van der Waals surface area contributed by atoms with Crippen LogP contribution in [-0.2, 0) is 0 Å². The molecule has 29 heavy (non-hydrogen) atoms. The minimum absolute atomic E-state index is 0.135. The van der Waals surface area contributed by atoms with Gasteiger partial charge in [-0.25, -0.2) is 0 Å². The van der Waals surface area contributed by atoms with Crippen molar-refractivity contribution in [2.75, 3.05) is 12.4 Å². The molecule has 0 aliphatic heterocycles. The molecule has 0 amide bonds. The van der Waals surface area contributed by atoms with Crippen LogP contribution in [0.5, 0.6) is 5.75 Å². The van der Waals surface area contributed by atoms with Crippen LogP contribution in [0.15, 0.2) is 61.2 Å². The van der Waals surface area contributed by atoms with Crippen LogP contribution in [0.1, 0.15) is 37.8 Å². The van der Waals surface area contributed by atoms with Crippen molar-refractivity contribution in [3.05, 3.63) is 66.7 Å². The Morgan fingerprint density at radius 2 is 2.03 bits per heavy atom. The van der Waals surface area contributed by atoms with Crippen LogP contribution in [0, 0.1) is 0 Å². The van der Waals surface area contributed by atoms with Gasteiger partial charge in [-0.3, -0.25) is 4.98 Å². The van der Waals surface area contributed by atoms with E-state index in [1.807, 2.05) is 42.6 Å². The number of nitrogens with one attached hydrogen (secondary N) is 1. The predicted octanol–water partition coefficient (Wildman–Crippen LogP) is 4.54. The molecule has 148 valence electrons. The van der Waals surface area contributed by atoms with Gasteiger partial charge >= 0.3 is 0 Å². The molecule has 0 saturated carbocycles. The summed E-state index contributed by atoms with van der Waals surface area (Å²) in [6.45, 7) is 2.20. The maximum Gasteiger partial charge on any atom is 0.200 e. The third-order valence-corrected chi connectivity index (χ3v) is 4.92. The first kappa shape index (κ1) is 18.9. The standard InChI is InChI=1S/C22H24N6O/c1-3-4-7-19(17-6-5-12-23-14-17)25-21-13-20(27-28-15-24-26-22(21)28)16-8-10-18(29-2)11-9-16/h5-6,8-15,19,25H,3-4,7H2,1-2H3. The number of ether oxygens (including phenoxy) is 1. The number of methoxy groups -OCH3 is 1. The number of unbranched alkanes of at least 4 members (excludes halogenated alkanes) is 1. The maximum absolute atomic E-state index is 5.26. The first-order valence-corrected chi connectivity index (χ1v) is 9.80. The lowest BCUT2D eigenvalue weighted by molar-refractivity contribution is 0.415. The van der Waals surface area contributed by atoms with Crippen molar-refractivity contribution >= 4 is 11.3 Å². The van der Waals surface area contributed by atoms with Crippen molar-refractivity contribution in [3.63, 3.8) is 0 Å². The quantitative estimate of drug-likeness (QED) is 0.478. The number of benzene rings is 1. The minimum Gasteiger partial charge on any atom is -0.497 e. The van der Waals surface area contributed by atoms with Gasteiger partial charge in [0.2, 0.25) is 5.65 Å². The topological polar surface area (TPSA) is 77.2 Å². The number of aromatic nitrogens is 5. The highest BCUT2D eigenvalue weighted by Gasteiger charge is 2.16. The molecule has 4 aromatic rings. The second kappa shape index (κ2) is 8.68. The van der Waals surface area contributed by atoms with E-state index in [0.29, 0.717) is 5.65 Å². The molecule has 1 aromatic carbocycles. The van der Waals surface area contributed by atoms with E-state index in [9.17, 15) is 0 Å². The normalized spacial score (nSPS) is 12.1. The molecule has 0 radical (unpaired) electrons. The lowest BCUT2D eigenvalue weighted by Crippen LogP contribution is -2.13. The van der Waals surface area contributed by atoms with E-state index < -0.39 is 0 Å². The smallest absolute Gasteiger partial charge is 0.200 e. The first-order valence-electron chi connectivity index (χ1n) is 9.80. The van der Waals surface area contributed by atoms with Crippen molar-refractivity contribution in [2.24, 2.45) is 0 Å². The van der Waals surface area contributed by atoms with Crippen LogP contribution >= 0.6 is 0 Å². The van der Waals surface area contributed by atoms with Crippen LogP contribution < -0.4 is 10.1 Å². The number of fused-ring (bicyclic) bond motifs is 1. The maximum atomic E-state index is 5.26. The largest absolute Gasteiger partial charge is 0.497 e. The Morgan fingerprint density at radius 1 is 1.17 bits per heavy atom. The highest BCUT2D eigenvalue weighted by Crippen LogP contribution is 2.29. The third-order valence-electron chi connectivity index (χ3n) is 4.92. The summed E-state index contributed by atoms with van der Waals surface area (Å²) >= 11 is 0. The van der Waals surface area contributed by atoms with E-state index >= 15 is 0 Å². The Balaban J connectivity index is 1.72. The monoisotopic (exact) mass is 388 g/mol. The summed E-state index contributed by atoms with van der Waals surface area (Å²) in [4.78, 5) is 4.29. The highest BCUT2D eigenvalue weighted by atomic mass is 16.5. The summed E-state index contributed by atoms with van der Waals surface area (Å²) in [5, 5.41) is 16.6. The summed E-state index contributed by atoms with van der Waals surface area (Å²) in [6, 6.07) is 14.1. The zero-order valence-corrected chi connectivity index (χ0v) is 16.6. The molecule has 0 aliphatic carbocycles. The molecular formula is C22H24N6O. The third kappa shape index (κ3) is 4.18. The number of rotatable bonds is 8. The van der Waals surface area contributed by atoms with Gasteiger partial charge in [0.05, 0.1) is 24.5 Å². The van der Waals surface area contributed by atoms with E-state index in [0.717, 1.165) is 47.5 Å². The van der Waals surface area contributed by atoms with E-state index in [1.54, 1.807) is 24.1 Å². The summed E-state index contributed by atoms with van der Waals surface area (Å²) in [6.07, 6.45) is 8.59. The highest BCUT2D eigenvalue weighted by molar-refractivity contribution is 5.73. The molecule has 7 heteroatoms. The SMILES string of the molecule is CCCCC(Nc1cc(-c2ccc(OC)cc2)nn2cnnc12)c1cccnc1. The molecule has 4 rings (SSSR count). The Bertz CT molecular complexity index is 1060. The molecule has 1 N–H and O–H groups in total. The van der Waals surface area contributed by atoms with Gasteiger partial charge in [0, 0.05) is 18.0 Å². The lowest BCUT2D eigenvalue weighted by Gasteiger charge is -2.20. The molecule has 0 bridgehead atoms. The van der Waals surface area contributed by atoms with E-state index in [4.69, 9.17) is 4.74 Å². The average molecular weight is 388 g/mol. The van der Waals surface area contributed by atoms with Gasteiger partial charge in [0.25, 0.3) is 0 Å². The number of nitrogens with zero attached hydrogens (tertiary/aromatic N) is 5. The molecule has 7 nitrogen and oxygen atoms in total. The zero-order valence-electron chi connectivity index (χ0n) is 16.6. The van der Waals surface area contributed by atoms with E-state index in [1.165, 1.54) is 0 Å². The second-order valence-electron chi connectivity index (χ2n) is 6.90. The number of anilines is 1. The van der Waals surface area contributed by atoms with Crippen molar-refractivity contribution in [3.8, 4) is 17.0 Å². The molecule has 1 atom stereocenters. The van der Waals surface area contributed by atoms with Gasteiger partial charge < -0.3 is 10.1 Å². The molecule has 0 fully saturated rings. The molecule has 0 spiro atoms. The summed E-state index contributed by atoms with van der Waals surface area (Å²) < 4.78 is 6.97.